The number of halogens is 4. The highest BCUT2D eigenvalue weighted by atomic mass is 79.9. The Hall–Kier alpha value is -1.76. The summed E-state index contributed by atoms with van der Waals surface area (Å²) in [4.78, 5) is 3.82. The first-order chi connectivity index (χ1) is 9.94. The second-order valence-electron chi connectivity index (χ2n) is 4.23. The molecule has 2 rings (SSSR count). The predicted octanol–water partition coefficient (Wildman–Crippen LogP) is 4.40. The summed E-state index contributed by atoms with van der Waals surface area (Å²) in [5.41, 5.74) is 1.76. The number of anilines is 1. The zero-order valence-electron chi connectivity index (χ0n) is 10.8. The fourth-order valence-corrected chi connectivity index (χ4v) is 1.99. The van der Waals surface area contributed by atoms with Crippen LogP contribution in [0.4, 0.5) is 18.9 Å². The lowest BCUT2D eigenvalue weighted by molar-refractivity contribution is -0.154. The van der Waals surface area contributed by atoms with Crippen LogP contribution in [-0.2, 0) is 6.54 Å². The van der Waals surface area contributed by atoms with Gasteiger partial charge >= 0.3 is 6.18 Å². The molecule has 0 atom stereocenters. The summed E-state index contributed by atoms with van der Waals surface area (Å²) >= 11 is 3.44. The fourth-order valence-electron chi connectivity index (χ4n) is 1.57. The Balaban J connectivity index is 1.89. The molecule has 0 saturated carbocycles. The van der Waals surface area contributed by atoms with Gasteiger partial charge in [-0.15, -0.1) is 0 Å². The largest absolute Gasteiger partial charge is 0.468 e. The van der Waals surface area contributed by atoms with E-state index in [-0.39, 0.29) is 5.88 Å². The average molecular weight is 361 g/mol. The van der Waals surface area contributed by atoms with Gasteiger partial charge in [0.15, 0.2) is 6.61 Å². The number of hydrogen-bond acceptors (Lipinski definition) is 3. The number of hydrogen-bond donors (Lipinski definition) is 1. The monoisotopic (exact) mass is 360 g/mol. The summed E-state index contributed by atoms with van der Waals surface area (Å²) in [6.45, 7) is -0.768. The summed E-state index contributed by atoms with van der Waals surface area (Å²) in [7, 11) is 0. The van der Waals surface area contributed by atoms with E-state index in [1.165, 1.54) is 12.3 Å². The Morgan fingerprint density at radius 2 is 1.90 bits per heavy atom. The van der Waals surface area contributed by atoms with Crippen LogP contribution in [0.3, 0.4) is 0 Å². The lowest BCUT2D eigenvalue weighted by Crippen LogP contribution is -2.19. The molecule has 0 amide bonds. The maximum Gasteiger partial charge on any atom is 0.422 e. The summed E-state index contributed by atoms with van der Waals surface area (Å²) in [6, 6.07) is 10.8. The Kier molecular flexibility index (Phi) is 5.06. The minimum atomic E-state index is -4.36. The number of ether oxygens (including phenoxy) is 1. The van der Waals surface area contributed by atoms with Crippen molar-refractivity contribution in [1.82, 2.24) is 4.98 Å². The molecule has 7 heteroatoms. The van der Waals surface area contributed by atoms with Gasteiger partial charge in [-0.3, -0.25) is 0 Å². The molecule has 0 unspecified atom stereocenters. The topological polar surface area (TPSA) is 34.1 Å². The van der Waals surface area contributed by atoms with Crippen LogP contribution in [0.25, 0.3) is 0 Å². The molecule has 0 aliphatic heterocycles. The number of nitrogens with one attached hydrogen (secondary N) is 1. The van der Waals surface area contributed by atoms with Gasteiger partial charge in [0.2, 0.25) is 5.88 Å². The molecule has 1 heterocycles. The van der Waals surface area contributed by atoms with E-state index in [1.54, 1.807) is 6.07 Å². The first-order valence-corrected chi connectivity index (χ1v) is 6.86. The van der Waals surface area contributed by atoms with Crippen LogP contribution in [0.2, 0.25) is 0 Å². The molecular formula is C14H12BrF3N2O. The van der Waals surface area contributed by atoms with Crippen molar-refractivity contribution in [2.24, 2.45) is 0 Å². The summed E-state index contributed by atoms with van der Waals surface area (Å²) in [6.07, 6.45) is -2.93. The molecule has 2 aromatic rings. The molecule has 21 heavy (non-hydrogen) atoms. The molecule has 0 aliphatic carbocycles. The van der Waals surface area contributed by atoms with E-state index >= 15 is 0 Å². The van der Waals surface area contributed by atoms with Gasteiger partial charge in [-0.25, -0.2) is 4.98 Å². The minimum Gasteiger partial charge on any atom is -0.468 e. The van der Waals surface area contributed by atoms with E-state index < -0.39 is 12.8 Å². The first-order valence-electron chi connectivity index (χ1n) is 6.07. The Bertz CT molecular complexity index is 588. The Morgan fingerprint density at radius 1 is 1.14 bits per heavy atom. The lowest BCUT2D eigenvalue weighted by atomic mass is 10.2. The third-order valence-electron chi connectivity index (χ3n) is 2.56. The van der Waals surface area contributed by atoms with Gasteiger partial charge in [0.25, 0.3) is 0 Å². The third kappa shape index (κ3) is 5.26. The van der Waals surface area contributed by atoms with Gasteiger partial charge in [-0.05, 0) is 17.7 Å². The highest BCUT2D eigenvalue weighted by molar-refractivity contribution is 9.10. The maximum absolute atomic E-state index is 12.0. The number of nitrogens with zero attached hydrogens (tertiary/aromatic N) is 1. The van der Waals surface area contributed by atoms with Gasteiger partial charge < -0.3 is 10.1 Å². The zero-order valence-corrected chi connectivity index (χ0v) is 12.4. The van der Waals surface area contributed by atoms with Gasteiger partial charge in [0, 0.05) is 17.1 Å². The van der Waals surface area contributed by atoms with Gasteiger partial charge in [-0.2, -0.15) is 13.2 Å². The van der Waals surface area contributed by atoms with E-state index in [1.807, 2.05) is 24.3 Å². The van der Waals surface area contributed by atoms with E-state index in [9.17, 15) is 13.2 Å². The van der Waals surface area contributed by atoms with E-state index in [2.05, 4.69) is 31.0 Å². The standard InChI is InChI=1S/C14H12BrF3N2O/c15-12-4-2-1-3-10(12)7-19-11-5-6-13(20-8-11)21-9-14(16,17)18/h1-6,8,19H,7,9H2. The van der Waals surface area contributed by atoms with Gasteiger partial charge in [-0.1, -0.05) is 34.1 Å². The smallest absolute Gasteiger partial charge is 0.422 e. The molecule has 112 valence electrons. The molecule has 0 saturated heterocycles. The Morgan fingerprint density at radius 3 is 2.52 bits per heavy atom. The van der Waals surface area contributed by atoms with Crippen LogP contribution < -0.4 is 10.1 Å². The van der Waals surface area contributed by atoms with E-state index in [0.717, 1.165) is 10.0 Å². The van der Waals surface area contributed by atoms with Gasteiger partial charge in [0.05, 0.1) is 11.9 Å². The molecule has 0 aliphatic rings. The van der Waals surface area contributed by atoms with Crippen molar-refractivity contribution >= 4 is 21.6 Å². The zero-order chi connectivity index (χ0) is 15.3. The van der Waals surface area contributed by atoms with Crippen LogP contribution >= 0.6 is 15.9 Å². The molecule has 3 nitrogen and oxygen atoms in total. The predicted molar refractivity (Wildman–Crippen MR) is 77.3 cm³/mol. The minimum absolute atomic E-state index is 0.0567. The van der Waals surface area contributed by atoms with Crippen molar-refractivity contribution in [2.75, 3.05) is 11.9 Å². The highest BCUT2D eigenvalue weighted by Crippen LogP contribution is 2.20. The third-order valence-corrected chi connectivity index (χ3v) is 3.33. The van der Waals surface area contributed by atoms with Crippen LogP contribution in [0, 0.1) is 0 Å². The van der Waals surface area contributed by atoms with Crippen LogP contribution in [0.1, 0.15) is 5.56 Å². The number of aromatic nitrogens is 1. The molecule has 0 radical (unpaired) electrons. The number of alkyl halides is 3. The SMILES string of the molecule is FC(F)(F)COc1ccc(NCc2ccccc2Br)cn1. The number of pyridine rings is 1. The molecule has 1 N–H and O–H groups in total. The molecule has 1 aromatic heterocycles. The van der Waals surface area contributed by atoms with Crippen molar-refractivity contribution in [1.29, 1.82) is 0 Å². The van der Waals surface area contributed by atoms with Crippen molar-refractivity contribution in [3.8, 4) is 5.88 Å². The summed E-state index contributed by atoms with van der Waals surface area (Å²) in [5.74, 6) is -0.0567. The molecule has 1 aromatic carbocycles. The van der Waals surface area contributed by atoms with Crippen LogP contribution in [-0.4, -0.2) is 17.8 Å². The van der Waals surface area contributed by atoms with E-state index in [0.29, 0.717) is 12.2 Å². The lowest BCUT2D eigenvalue weighted by Gasteiger charge is -2.10. The molecule has 0 spiro atoms. The average Bonchev–Trinajstić information content (AvgIpc) is 2.45. The van der Waals surface area contributed by atoms with Crippen LogP contribution in [0.15, 0.2) is 47.1 Å². The summed E-state index contributed by atoms with van der Waals surface area (Å²) in [5, 5.41) is 3.13. The molecular weight excluding hydrogens is 349 g/mol. The molecule has 0 bridgehead atoms. The van der Waals surface area contributed by atoms with Gasteiger partial charge in [0.1, 0.15) is 0 Å². The summed E-state index contributed by atoms with van der Waals surface area (Å²) < 4.78 is 41.5. The maximum atomic E-state index is 12.0. The fraction of sp³-hybridized carbons (Fsp3) is 0.214. The second-order valence-corrected chi connectivity index (χ2v) is 5.09. The van der Waals surface area contributed by atoms with E-state index in [4.69, 9.17) is 0 Å². The first kappa shape index (κ1) is 15.6. The normalized spacial score (nSPS) is 11.2. The van der Waals surface area contributed by atoms with Crippen molar-refractivity contribution < 1.29 is 17.9 Å². The molecule has 0 fully saturated rings. The number of benzene rings is 1. The van der Waals surface area contributed by atoms with Crippen molar-refractivity contribution in [2.45, 2.75) is 12.7 Å². The second kappa shape index (κ2) is 6.80. The van der Waals surface area contributed by atoms with Crippen molar-refractivity contribution in [3.05, 3.63) is 52.6 Å². The van der Waals surface area contributed by atoms with Crippen molar-refractivity contribution in [3.63, 3.8) is 0 Å². The Labute approximate surface area is 128 Å². The quantitative estimate of drug-likeness (QED) is 0.858. The highest BCUT2D eigenvalue weighted by Gasteiger charge is 2.28. The van der Waals surface area contributed by atoms with Crippen LogP contribution in [0.5, 0.6) is 5.88 Å². The number of rotatable bonds is 5.